The second-order valence-corrected chi connectivity index (χ2v) is 6.59. The molecule has 0 fully saturated rings. The number of amides is 1. The second kappa shape index (κ2) is 5.75. The van der Waals surface area contributed by atoms with Crippen LogP contribution in [-0.4, -0.2) is 30.7 Å². The van der Waals surface area contributed by atoms with E-state index in [1.165, 1.54) is 11.6 Å². The minimum absolute atomic E-state index is 0.0439. The van der Waals surface area contributed by atoms with Crippen LogP contribution in [0.3, 0.4) is 0 Å². The van der Waals surface area contributed by atoms with Crippen molar-refractivity contribution in [2.75, 3.05) is 6.54 Å². The summed E-state index contributed by atoms with van der Waals surface area (Å²) >= 11 is 0. The first-order chi connectivity index (χ1) is 8.70. The van der Waals surface area contributed by atoms with Gasteiger partial charge in [0.2, 0.25) is 5.91 Å². The van der Waals surface area contributed by atoms with Crippen LogP contribution in [0.15, 0.2) is 17.6 Å². The van der Waals surface area contributed by atoms with Crippen LogP contribution in [0, 0.1) is 13.8 Å². The Kier molecular flexibility index (Phi) is 4.75. The van der Waals surface area contributed by atoms with Gasteiger partial charge in [-0.2, -0.15) is 5.10 Å². The lowest BCUT2D eigenvalue weighted by molar-refractivity contribution is -0.123. The largest absolute Gasteiger partial charge is 0.351 e. The molecule has 0 aliphatic carbocycles. The van der Waals surface area contributed by atoms with E-state index in [4.69, 9.17) is 10.7 Å². The molecule has 0 spiro atoms. The van der Waals surface area contributed by atoms with E-state index < -0.39 is 15.1 Å². The highest BCUT2D eigenvalue weighted by Gasteiger charge is 2.26. The molecule has 106 valence electrons. The molecule has 19 heavy (non-hydrogen) atoms. The molecule has 0 saturated heterocycles. The zero-order valence-electron chi connectivity index (χ0n) is 11.0. The topological polar surface area (TPSA) is 81.1 Å². The number of aromatic nitrogens is 2. The molecule has 1 N–H and O–H groups in total. The summed E-state index contributed by atoms with van der Waals surface area (Å²) in [6.07, 6.45) is 1.56. The maximum Gasteiger partial charge on any atom is 0.264 e. The lowest BCUT2D eigenvalue weighted by Crippen LogP contribution is -2.32. The summed E-state index contributed by atoms with van der Waals surface area (Å²) < 4.78 is 24.3. The van der Waals surface area contributed by atoms with Crippen molar-refractivity contribution in [3.8, 4) is 0 Å². The summed E-state index contributed by atoms with van der Waals surface area (Å²) in [6, 6.07) is -0.634. The van der Waals surface area contributed by atoms with Crippen molar-refractivity contribution < 1.29 is 13.2 Å². The van der Waals surface area contributed by atoms with Gasteiger partial charge >= 0.3 is 0 Å². The summed E-state index contributed by atoms with van der Waals surface area (Å²) in [5.41, 5.74) is 0.615. The number of aryl methyl sites for hydroxylation is 1. The predicted octanol–water partition coefficient (Wildman–Crippen LogP) is 1.29. The molecule has 6 nitrogen and oxygen atoms in total. The number of nitrogens with zero attached hydrogens (tertiary/aromatic N) is 2. The number of nitrogens with one attached hydrogen (secondary N) is 1. The molecule has 0 aliphatic heterocycles. The smallest absolute Gasteiger partial charge is 0.264 e. The number of rotatable bonds is 5. The van der Waals surface area contributed by atoms with Crippen LogP contribution in [0.1, 0.15) is 24.4 Å². The highest BCUT2D eigenvalue weighted by Crippen LogP contribution is 2.25. The zero-order chi connectivity index (χ0) is 14.8. The Morgan fingerprint density at radius 3 is 2.58 bits per heavy atom. The van der Waals surface area contributed by atoms with Crippen LogP contribution in [0.4, 0.5) is 0 Å². The first-order valence-corrected chi connectivity index (χ1v) is 7.90. The van der Waals surface area contributed by atoms with Gasteiger partial charge in [-0.05, 0) is 20.8 Å². The Morgan fingerprint density at radius 2 is 2.16 bits per heavy atom. The van der Waals surface area contributed by atoms with E-state index in [1.54, 1.807) is 19.9 Å². The van der Waals surface area contributed by atoms with Gasteiger partial charge < -0.3 is 5.32 Å². The molecule has 0 radical (unpaired) electrons. The number of hydrogen-bond donors (Lipinski definition) is 1. The van der Waals surface area contributed by atoms with Gasteiger partial charge in [-0.25, -0.2) is 8.42 Å². The van der Waals surface area contributed by atoms with Crippen molar-refractivity contribution in [1.82, 2.24) is 15.1 Å². The average Bonchev–Trinajstić information content (AvgIpc) is 2.59. The third kappa shape index (κ3) is 3.36. The van der Waals surface area contributed by atoms with Gasteiger partial charge in [0.1, 0.15) is 10.9 Å². The summed E-state index contributed by atoms with van der Waals surface area (Å²) in [4.78, 5) is 11.8. The van der Waals surface area contributed by atoms with Crippen molar-refractivity contribution in [2.24, 2.45) is 0 Å². The molecule has 1 aromatic heterocycles. The van der Waals surface area contributed by atoms with Crippen LogP contribution in [0.5, 0.6) is 0 Å². The number of hydrogen-bond acceptors (Lipinski definition) is 4. The number of carbonyl (C=O) groups is 1. The van der Waals surface area contributed by atoms with Crippen molar-refractivity contribution in [3.05, 3.63) is 24.0 Å². The van der Waals surface area contributed by atoms with Gasteiger partial charge in [0.05, 0.1) is 11.4 Å². The van der Waals surface area contributed by atoms with Gasteiger partial charge in [-0.15, -0.1) is 6.58 Å². The average molecular weight is 306 g/mol. The third-order valence-corrected chi connectivity index (χ3v) is 4.21. The van der Waals surface area contributed by atoms with Gasteiger partial charge in [-0.1, -0.05) is 6.08 Å². The normalized spacial score (nSPS) is 13.1. The van der Waals surface area contributed by atoms with E-state index in [0.717, 1.165) is 0 Å². The molecule has 0 aromatic carbocycles. The zero-order valence-corrected chi connectivity index (χ0v) is 12.5. The predicted molar refractivity (Wildman–Crippen MR) is 72.7 cm³/mol. The van der Waals surface area contributed by atoms with Crippen molar-refractivity contribution in [3.63, 3.8) is 0 Å². The molecule has 1 aromatic rings. The van der Waals surface area contributed by atoms with E-state index in [9.17, 15) is 13.2 Å². The SMILES string of the molecule is C=CCNC(=O)C(C)n1nc(C)c(S(=O)(=O)Cl)c1C. The molecule has 1 amide bonds. The standard InChI is InChI=1S/C11H16ClN3O3S/c1-5-6-13-11(16)9(4)15-8(3)10(7(2)14-15)19(12,17)18/h5,9H,1,6H2,2-4H3,(H,13,16). The second-order valence-electron chi connectivity index (χ2n) is 4.09. The Hall–Kier alpha value is -1.34. The molecule has 0 saturated carbocycles. The van der Waals surface area contributed by atoms with Crippen LogP contribution >= 0.6 is 10.7 Å². The first-order valence-electron chi connectivity index (χ1n) is 5.59. The van der Waals surface area contributed by atoms with Crippen LogP contribution < -0.4 is 5.32 Å². The van der Waals surface area contributed by atoms with Crippen LogP contribution in [-0.2, 0) is 13.8 Å². The molecule has 0 bridgehead atoms. The van der Waals surface area contributed by atoms with Crippen molar-refractivity contribution in [1.29, 1.82) is 0 Å². The van der Waals surface area contributed by atoms with Crippen LogP contribution in [0.2, 0.25) is 0 Å². The number of halogens is 1. The number of carbonyl (C=O) groups excluding carboxylic acids is 1. The van der Waals surface area contributed by atoms with Crippen molar-refractivity contribution >= 4 is 25.6 Å². The molecule has 1 heterocycles. The third-order valence-electron chi connectivity index (χ3n) is 2.67. The Balaban J connectivity index is 3.16. The molecule has 1 atom stereocenters. The summed E-state index contributed by atoms with van der Waals surface area (Å²) in [7, 11) is 1.48. The monoisotopic (exact) mass is 305 g/mol. The highest BCUT2D eigenvalue weighted by atomic mass is 35.7. The molecule has 1 rings (SSSR count). The van der Waals surface area contributed by atoms with Crippen molar-refractivity contribution in [2.45, 2.75) is 31.7 Å². The molecular weight excluding hydrogens is 290 g/mol. The Morgan fingerprint density at radius 1 is 1.58 bits per heavy atom. The van der Waals surface area contributed by atoms with E-state index >= 15 is 0 Å². The minimum Gasteiger partial charge on any atom is -0.351 e. The van der Waals surface area contributed by atoms with Gasteiger partial charge in [0.25, 0.3) is 9.05 Å². The molecular formula is C11H16ClN3O3S. The maximum absolute atomic E-state index is 11.8. The lowest BCUT2D eigenvalue weighted by atomic mass is 10.3. The van der Waals surface area contributed by atoms with Gasteiger partial charge in [-0.3, -0.25) is 9.48 Å². The van der Waals surface area contributed by atoms with E-state index in [1.807, 2.05) is 0 Å². The van der Waals surface area contributed by atoms with E-state index in [0.29, 0.717) is 12.2 Å². The summed E-state index contributed by atoms with van der Waals surface area (Å²) in [5.74, 6) is -0.274. The minimum atomic E-state index is -3.88. The first kappa shape index (κ1) is 15.7. The van der Waals surface area contributed by atoms with E-state index in [2.05, 4.69) is 17.0 Å². The molecule has 8 heteroatoms. The van der Waals surface area contributed by atoms with Crippen LogP contribution in [0.25, 0.3) is 0 Å². The fourth-order valence-corrected chi connectivity index (χ4v) is 3.32. The Bertz CT molecular complexity index is 607. The summed E-state index contributed by atoms with van der Waals surface area (Å²) in [6.45, 7) is 8.56. The fraction of sp³-hybridized carbons (Fsp3) is 0.455. The van der Waals surface area contributed by atoms with Gasteiger partial charge in [0.15, 0.2) is 0 Å². The summed E-state index contributed by atoms with van der Waals surface area (Å²) in [5, 5.41) is 6.70. The Labute approximate surface area is 116 Å². The quantitative estimate of drug-likeness (QED) is 0.656. The maximum atomic E-state index is 11.8. The lowest BCUT2D eigenvalue weighted by Gasteiger charge is -2.13. The van der Waals surface area contributed by atoms with E-state index in [-0.39, 0.29) is 16.5 Å². The van der Waals surface area contributed by atoms with Gasteiger partial charge in [0, 0.05) is 17.2 Å². The highest BCUT2D eigenvalue weighted by molar-refractivity contribution is 8.13. The molecule has 1 unspecified atom stereocenters. The molecule has 0 aliphatic rings. The fourth-order valence-electron chi connectivity index (χ4n) is 1.81.